The third-order valence-electron chi connectivity index (χ3n) is 1.36. The average molecular weight is 190 g/mol. The van der Waals surface area contributed by atoms with Gasteiger partial charge in [-0.2, -0.15) is 0 Å². The van der Waals surface area contributed by atoms with Gasteiger partial charge in [-0.1, -0.05) is 13.3 Å². The first-order valence-electron chi connectivity index (χ1n) is 4.57. The van der Waals surface area contributed by atoms with E-state index in [9.17, 15) is 4.79 Å². The van der Waals surface area contributed by atoms with Crippen LogP contribution in [0.3, 0.4) is 0 Å². The molecule has 0 aromatic carbocycles. The topological polar surface area (TPSA) is 55.8 Å². The van der Waals surface area contributed by atoms with Gasteiger partial charge in [0.2, 0.25) is 0 Å². The molecule has 1 N–H and O–H groups in total. The molecule has 0 aliphatic carbocycles. The van der Waals surface area contributed by atoms with Gasteiger partial charge in [0.15, 0.2) is 0 Å². The molecule has 1 unspecified atom stereocenters. The lowest BCUT2D eigenvalue weighted by atomic mass is 10.4. The lowest BCUT2D eigenvalue weighted by Crippen LogP contribution is -2.30. The highest BCUT2D eigenvalue weighted by Gasteiger charge is 2.19. The van der Waals surface area contributed by atoms with E-state index in [4.69, 9.17) is 14.6 Å². The van der Waals surface area contributed by atoms with E-state index in [1.807, 2.05) is 6.92 Å². The molecular formula is C9H18O4. The summed E-state index contributed by atoms with van der Waals surface area (Å²) in [5.74, 6) is -1.06. The van der Waals surface area contributed by atoms with Crippen molar-refractivity contribution < 1.29 is 19.4 Å². The maximum atomic E-state index is 10.6. The number of ether oxygens (including phenoxy) is 2. The minimum Gasteiger partial charge on any atom is -0.477 e. The summed E-state index contributed by atoms with van der Waals surface area (Å²) in [7, 11) is 0. The molecule has 0 rings (SSSR count). The second-order valence-corrected chi connectivity index (χ2v) is 3.08. The van der Waals surface area contributed by atoms with Crippen LogP contribution in [0.1, 0.15) is 33.6 Å². The van der Waals surface area contributed by atoms with Gasteiger partial charge in [-0.15, -0.1) is 0 Å². The van der Waals surface area contributed by atoms with Crippen LogP contribution in [-0.4, -0.2) is 30.1 Å². The molecule has 0 heterocycles. The molecule has 0 aromatic heterocycles. The van der Waals surface area contributed by atoms with E-state index in [1.165, 1.54) is 0 Å². The molecule has 4 heteroatoms. The molecule has 0 radical (unpaired) electrons. The molecule has 0 bridgehead atoms. The highest BCUT2D eigenvalue weighted by molar-refractivity contribution is 5.70. The number of aliphatic carboxylic acids is 1. The molecule has 78 valence electrons. The van der Waals surface area contributed by atoms with Crippen LogP contribution >= 0.6 is 0 Å². The number of rotatable bonds is 7. The lowest BCUT2D eigenvalue weighted by molar-refractivity contribution is -0.198. The third-order valence-corrected chi connectivity index (χ3v) is 1.36. The van der Waals surface area contributed by atoms with Crippen LogP contribution in [0.15, 0.2) is 0 Å². The highest BCUT2D eigenvalue weighted by atomic mass is 16.7. The van der Waals surface area contributed by atoms with Crippen LogP contribution in [0.2, 0.25) is 0 Å². The van der Waals surface area contributed by atoms with Gasteiger partial charge in [-0.3, -0.25) is 0 Å². The van der Waals surface area contributed by atoms with Crippen molar-refractivity contribution in [1.29, 1.82) is 0 Å². The van der Waals surface area contributed by atoms with E-state index in [-0.39, 0.29) is 6.10 Å². The first-order valence-corrected chi connectivity index (χ1v) is 4.57. The number of hydrogen-bond acceptors (Lipinski definition) is 3. The Labute approximate surface area is 78.8 Å². The predicted molar refractivity (Wildman–Crippen MR) is 48.5 cm³/mol. The quantitative estimate of drug-likeness (QED) is 0.489. The summed E-state index contributed by atoms with van der Waals surface area (Å²) in [5, 5.41) is 8.67. The highest BCUT2D eigenvalue weighted by Crippen LogP contribution is 2.02. The van der Waals surface area contributed by atoms with E-state index in [2.05, 4.69) is 0 Å². The van der Waals surface area contributed by atoms with Gasteiger partial charge in [-0.05, 0) is 20.3 Å². The molecule has 0 spiro atoms. The van der Waals surface area contributed by atoms with Crippen LogP contribution in [-0.2, 0) is 14.3 Å². The molecule has 0 aliphatic heterocycles. The van der Waals surface area contributed by atoms with Gasteiger partial charge in [0.05, 0.1) is 12.7 Å². The Morgan fingerprint density at radius 3 is 2.46 bits per heavy atom. The summed E-state index contributed by atoms with van der Waals surface area (Å²) < 4.78 is 10.1. The smallest absolute Gasteiger partial charge is 0.361 e. The van der Waals surface area contributed by atoms with Crippen LogP contribution < -0.4 is 0 Å². The Bertz CT molecular complexity index is 145. The third kappa shape index (κ3) is 6.54. The summed E-state index contributed by atoms with van der Waals surface area (Å²) >= 11 is 0. The van der Waals surface area contributed by atoms with Crippen molar-refractivity contribution >= 4 is 5.97 Å². The molecule has 0 saturated carbocycles. The minimum absolute atomic E-state index is 0.136. The molecule has 0 aromatic rings. The Kier molecular flexibility index (Phi) is 6.54. The van der Waals surface area contributed by atoms with E-state index >= 15 is 0 Å². The zero-order chi connectivity index (χ0) is 10.3. The average Bonchev–Trinajstić information content (AvgIpc) is 2.02. The molecule has 0 fully saturated rings. The number of hydrogen-bond donors (Lipinski definition) is 1. The molecule has 4 nitrogen and oxygen atoms in total. The Morgan fingerprint density at radius 1 is 1.46 bits per heavy atom. The van der Waals surface area contributed by atoms with Gasteiger partial charge in [0.25, 0.3) is 6.29 Å². The summed E-state index contributed by atoms with van der Waals surface area (Å²) in [5.41, 5.74) is 0. The summed E-state index contributed by atoms with van der Waals surface area (Å²) in [6.45, 7) is 6.00. The first-order chi connectivity index (χ1) is 6.07. The lowest BCUT2D eigenvalue weighted by Gasteiger charge is -2.16. The Hall–Kier alpha value is -0.610. The van der Waals surface area contributed by atoms with Crippen molar-refractivity contribution in [2.45, 2.75) is 46.0 Å². The zero-order valence-electron chi connectivity index (χ0n) is 8.45. The number of carboxylic acids is 1. The molecule has 0 saturated heterocycles. The van der Waals surface area contributed by atoms with Gasteiger partial charge >= 0.3 is 5.97 Å². The summed E-state index contributed by atoms with van der Waals surface area (Å²) in [6.07, 6.45) is 0.577. The largest absolute Gasteiger partial charge is 0.477 e. The van der Waals surface area contributed by atoms with Gasteiger partial charge < -0.3 is 14.6 Å². The Balaban J connectivity index is 3.74. The van der Waals surface area contributed by atoms with E-state index < -0.39 is 12.3 Å². The van der Waals surface area contributed by atoms with Crippen molar-refractivity contribution in [2.24, 2.45) is 0 Å². The minimum atomic E-state index is -1.12. The monoisotopic (exact) mass is 190 g/mol. The Morgan fingerprint density at radius 2 is 2.08 bits per heavy atom. The van der Waals surface area contributed by atoms with E-state index in [0.717, 1.165) is 12.8 Å². The van der Waals surface area contributed by atoms with Crippen LogP contribution in [0.4, 0.5) is 0 Å². The maximum Gasteiger partial charge on any atom is 0.361 e. The second-order valence-electron chi connectivity index (χ2n) is 3.08. The molecular weight excluding hydrogens is 172 g/mol. The fourth-order valence-corrected chi connectivity index (χ4v) is 0.751. The SMILES string of the molecule is CCCCOC(OC(C)C)C(=O)O. The second kappa shape index (κ2) is 6.86. The number of carbonyl (C=O) groups is 1. The van der Waals surface area contributed by atoms with E-state index in [1.54, 1.807) is 13.8 Å². The van der Waals surface area contributed by atoms with Crippen molar-refractivity contribution in [3.05, 3.63) is 0 Å². The van der Waals surface area contributed by atoms with Gasteiger partial charge in [0.1, 0.15) is 0 Å². The fourth-order valence-electron chi connectivity index (χ4n) is 0.751. The van der Waals surface area contributed by atoms with E-state index in [0.29, 0.717) is 6.61 Å². The molecule has 1 atom stereocenters. The normalized spacial score (nSPS) is 13.2. The predicted octanol–water partition coefficient (Wildman–Crippen LogP) is 1.64. The van der Waals surface area contributed by atoms with Crippen molar-refractivity contribution in [2.75, 3.05) is 6.61 Å². The van der Waals surface area contributed by atoms with Crippen molar-refractivity contribution in [3.63, 3.8) is 0 Å². The molecule has 0 aliphatic rings. The van der Waals surface area contributed by atoms with Crippen LogP contribution in [0, 0.1) is 0 Å². The molecule has 13 heavy (non-hydrogen) atoms. The summed E-state index contributed by atoms with van der Waals surface area (Å²) in [6, 6.07) is 0. The van der Waals surface area contributed by atoms with Gasteiger partial charge in [-0.25, -0.2) is 4.79 Å². The van der Waals surface area contributed by atoms with Crippen LogP contribution in [0.5, 0.6) is 0 Å². The van der Waals surface area contributed by atoms with Crippen molar-refractivity contribution in [1.82, 2.24) is 0 Å². The fraction of sp³-hybridized carbons (Fsp3) is 0.889. The summed E-state index contributed by atoms with van der Waals surface area (Å²) in [4.78, 5) is 10.6. The van der Waals surface area contributed by atoms with Crippen molar-refractivity contribution in [3.8, 4) is 0 Å². The number of unbranched alkanes of at least 4 members (excludes halogenated alkanes) is 1. The first kappa shape index (κ1) is 12.4. The molecule has 0 amide bonds. The zero-order valence-corrected chi connectivity index (χ0v) is 8.45. The maximum absolute atomic E-state index is 10.6. The van der Waals surface area contributed by atoms with Gasteiger partial charge in [0, 0.05) is 0 Å². The standard InChI is InChI=1S/C9H18O4/c1-4-5-6-12-9(8(10)11)13-7(2)3/h7,9H,4-6H2,1-3H3,(H,10,11). The van der Waals surface area contributed by atoms with Crippen LogP contribution in [0.25, 0.3) is 0 Å². The number of carboxylic acid groups (broad SMARTS) is 1.